The zero-order chi connectivity index (χ0) is 25.4. The summed E-state index contributed by atoms with van der Waals surface area (Å²) in [5, 5.41) is 0. The maximum Gasteiger partial charge on any atom is 0.417 e. The third-order valence-electron chi connectivity index (χ3n) is 5.41. The van der Waals surface area contributed by atoms with Crippen LogP contribution in [0.4, 0.5) is 13.2 Å². The van der Waals surface area contributed by atoms with Gasteiger partial charge in [-0.3, -0.25) is 4.98 Å². The van der Waals surface area contributed by atoms with Crippen LogP contribution in [0.5, 0.6) is 5.75 Å². The number of aromatic nitrogens is 4. The van der Waals surface area contributed by atoms with Crippen molar-refractivity contribution in [3.63, 3.8) is 0 Å². The smallest absolute Gasteiger partial charge is 0.417 e. The zero-order valence-electron chi connectivity index (χ0n) is 19.1. The number of benzene rings is 1. The van der Waals surface area contributed by atoms with Crippen molar-refractivity contribution in [2.24, 2.45) is 0 Å². The van der Waals surface area contributed by atoms with Gasteiger partial charge in [0, 0.05) is 50.2 Å². The maximum atomic E-state index is 13.9. The summed E-state index contributed by atoms with van der Waals surface area (Å²) >= 11 is 0. The molecule has 1 N–H and O–H groups in total. The highest BCUT2D eigenvalue weighted by atomic mass is 32.2. The minimum absolute atomic E-state index is 0.179. The van der Waals surface area contributed by atoms with E-state index in [1.165, 1.54) is 26.4 Å². The summed E-state index contributed by atoms with van der Waals surface area (Å²) in [6, 6.07) is 8.03. The van der Waals surface area contributed by atoms with E-state index in [1.54, 1.807) is 19.4 Å². The molecule has 12 heteroatoms. The molecule has 0 radical (unpaired) electrons. The molecule has 0 spiro atoms. The van der Waals surface area contributed by atoms with E-state index >= 15 is 0 Å². The summed E-state index contributed by atoms with van der Waals surface area (Å²) in [7, 11) is 0.0517. The summed E-state index contributed by atoms with van der Waals surface area (Å²) in [6.07, 6.45) is -0.749. The molecule has 1 aromatic carbocycles. The SMILES string of the molecule is COc1ccnc(CCc2nc3ncc(-c4ccc(S(=O)(=O)N(C)C)cc4C(F)(F)F)cc3[nH]2)c1. The van der Waals surface area contributed by atoms with Gasteiger partial charge in [-0.1, -0.05) is 6.07 Å². The van der Waals surface area contributed by atoms with Crippen molar-refractivity contribution < 1.29 is 26.3 Å². The molecule has 0 amide bonds. The Labute approximate surface area is 199 Å². The zero-order valence-corrected chi connectivity index (χ0v) is 19.9. The highest BCUT2D eigenvalue weighted by Gasteiger charge is 2.35. The van der Waals surface area contributed by atoms with Crippen molar-refractivity contribution >= 4 is 21.2 Å². The number of sulfonamides is 1. The number of nitrogens with zero attached hydrogens (tertiary/aromatic N) is 4. The molecular formula is C23H22F3N5O3S. The molecule has 4 rings (SSSR count). The topological polar surface area (TPSA) is 101 Å². The number of aryl methyl sites for hydroxylation is 2. The average Bonchev–Trinajstić information content (AvgIpc) is 3.24. The second kappa shape index (κ2) is 9.27. The van der Waals surface area contributed by atoms with Crippen molar-refractivity contribution in [1.29, 1.82) is 0 Å². The van der Waals surface area contributed by atoms with Crippen LogP contribution in [0, 0.1) is 0 Å². The number of hydrogen-bond donors (Lipinski definition) is 1. The highest BCUT2D eigenvalue weighted by molar-refractivity contribution is 7.89. The van der Waals surface area contributed by atoms with Gasteiger partial charge in [-0.15, -0.1) is 0 Å². The van der Waals surface area contributed by atoms with Crippen LogP contribution in [0.25, 0.3) is 22.3 Å². The molecule has 0 atom stereocenters. The lowest BCUT2D eigenvalue weighted by atomic mass is 10.0. The van der Waals surface area contributed by atoms with Crippen molar-refractivity contribution in [3.8, 4) is 16.9 Å². The molecule has 0 fully saturated rings. The van der Waals surface area contributed by atoms with Crippen LogP contribution in [-0.2, 0) is 29.0 Å². The fourth-order valence-electron chi connectivity index (χ4n) is 3.56. The first-order valence-electron chi connectivity index (χ1n) is 10.5. The van der Waals surface area contributed by atoms with Crippen LogP contribution in [0.15, 0.2) is 53.7 Å². The predicted octanol–water partition coefficient (Wildman–Crippen LogP) is 4.08. The quantitative estimate of drug-likeness (QED) is 0.406. The number of methoxy groups -OCH3 is 1. The van der Waals surface area contributed by atoms with Crippen LogP contribution in [-0.4, -0.2) is 53.9 Å². The summed E-state index contributed by atoms with van der Waals surface area (Å²) < 4.78 is 72.4. The number of aromatic amines is 1. The molecule has 3 heterocycles. The number of hydrogen-bond acceptors (Lipinski definition) is 6. The Morgan fingerprint density at radius 1 is 1.06 bits per heavy atom. The fourth-order valence-corrected chi connectivity index (χ4v) is 4.49. The van der Waals surface area contributed by atoms with Gasteiger partial charge in [0.2, 0.25) is 10.0 Å². The number of pyridine rings is 2. The summed E-state index contributed by atoms with van der Waals surface area (Å²) in [5.74, 6) is 1.30. The van der Waals surface area contributed by atoms with Gasteiger partial charge in [-0.2, -0.15) is 13.2 Å². The van der Waals surface area contributed by atoms with Crippen molar-refractivity contribution in [2.75, 3.05) is 21.2 Å². The van der Waals surface area contributed by atoms with E-state index < -0.39 is 26.7 Å². The van der Waals surface area contributed by atoms with E-state index in [9.17, 15) is 21.6 Å². The first-order chi connectivity index (χ1) is 16.5. The lowest BCUT2D eigenvalue weighted by molar-refractivity contribution is -0.137. The molecule has 0 aliphatic carbocycles. The number of alkyl halides is 3. The van der Waals surface area contributed by atoms with E-state index in [0.717, 1.165) is 22.1 Å². The van der Waals surface area contributed by atoms with Crippen LogP contribution in [0.1, 0.15) is 17.1 Å². The monoisotopic (exact) mass is 505 g/mol. The third-order valence-corrected chi connectivity index (χ3v) is 7.23. The van der Waals surface area contributed by atoms with Gasteiger partial charge in [-0.25, -0.2) is 22.7 Å². The van der Waals surface area contributed by atoms with Gasteiger partial charge >= 0.3 is 6.18 Å². The number of halogens is 3. The Balaban J connectivity index is 1.67. The Hall–Kier alpha value is -3.51. The molecule has 4 aromatic rings. The molecule has 0 saturated carbocycles. The largest absolute Gasteiger partial charge is 0.497 e. The molecular weight excluding hydrogens is 483 g/mol. The van der Waals surface area contributed by atoms with Crippen molar-refractivity contribution in [3.05, 3.63) is 65.9 Å². The first kappa shape index (κ1) is 24.6. The Morgan fingerprint density at radius 2 is 1.83 bits per heavy atom. The molecule has 0 unspecified atom stereocenters. The number of rotatable bonds is 7. The Bertz CT molecular complexity index is 1480. The average molecular weight is 506 g/mol. The van der Waals surface area contributed by atoms with Crippen molar-refractivity contribution in [2.45, 2.75) is 23.9 Å². The van der Waals surface area contributed by atoms with E-state index in [4.69, 9.17) is 4.74 Å². The van der Waals surface area contributed by atoms with E-state index in [1.807, 2.05) is 6.07 Å². The third kappa shape index (κ3) is 5.13. The lowest BCUT2D eigenvalue weighted by Crippen LogP contribution is -2.23. The second-order valence-electron chi connectivity index (χ2n) is 7.96. The maximum absolute atomic E-state index is 13.9. The van der Waals surface area contributed by atoms with Crippen LogP contribution >= 0.6 is 0 Å². The minimum Gasteiger partial charge on any atom is -0.497 e. The van der Waals surface area contributed by atoms with Gasteiger partial charge < -0.3 is 9.72 Å². The van der Waals surface area contributed by atoms with Gasteiger partial charge in [0.1, 0.15) is 11.6 Å². The standard InChI is InChI=1S/C23H22F3N5O3S/c1-31(2)35(32,33)17-5-6-18(19(12-17)23(24,25)26)14-10-20-22(28-13-14)30-21(29-20)7-4-15-11-16(34-3)8-9-27-15/h5-6,8-13H,4,7H2,1-3H3,(H,28,29,30). The van der Waals surface area contributed by atoms with Gasteiger partial charge in [0.25, 0.3) is 0 Å². The van der Waals surface area contributed by atoms with Gasteiger partial charge in [0.15, 0.2) is 5.65 Å². The summed E-state index contributed by atoms with van der Waals surface area (Å²) in [5.41, 5.74) is 0.577. The van der Waals surface area contributed by atoms with Crippen LogP contribution < -0.4 is 4.74 Å². The number of ether oxygens (including phenoxy) is 1. The summed E-state index contributed by atoms with van der Waals surface area (Å²) in [4.78, 5) is 15.6. The van der Waals surface area contributed by atoms with Gasteiger partial charge in [-0.05, 0) is 36.2 Å². The van der Waals surface area contributed by atoms with E-state index in [0.29, 0.717) is 41.6 Å². The van der Waals surface area contributed by atoms with Crippen LogP contribution in [0.3, 0.4) is 0 Å². The van der Waals surface area contributed by atoms with E-state index in [-0.39, 0.29) is 11.1 Å². The molecule has 35 heavy (non-hydrogen) atoms. The molecule has 8 nitrogen and oxygen atoms in total. The molecule has 3 aromatic heterocycles. The fraction of sp³-hybridized carbons (Fsp3) is 0.261. The van der Waals surface area contributed by atoms with Gasteiger partial charge in [0.05, 0.1) is 23.1 Å². The Morgan fingerprint density at radius 3 is 2.51 bits per heavy atom. The van der Waals surface area contributed by atoms with Crippen LogP contribution in [0.2, 0.25) is 0 Å². The van der Waals surface area contributed by atoms with Crippen molar-refractivity contribution in [1.82, 2.24) is 24.2 Å². The number of imidazole rings is 1. The number of nitrogens with one attached hydrogen (secondary N) is 1. The normalized spacial score (nSPS) is 12.4. The lowest BCUT2D eigenvalue weighted by Gasteiger charge is -2.17. The number of H-pyrrole nitrogens is 1. The highest BCUT2D eigenvalue weighted by Crippen LogP contribution is 2.39. The molecule has 0 aliphatic heterocycles. The summed E-state index contributed by atoms with van der Waals surface area (Å²) in [6.45, 7) is 0. The first-order valence-corrected chi connectivity index (χ1v) is 11.9. The Kier molecular flexibility index (Phi) is 6.52. The van der Waals surface area contributed by atoms with E-state index in [2.05, 4.69) is 19.9 Å². The molecule has 184 valence electrons. The number of fused-ring (bicyclic) bond motifs is 1. The molecule has 0 saturated heterocycles. The minimum atomic E-state index is -4.77. The molecule has 0 bridgehead atoms. The second-order valence-corrected chi connectivity index (χ2v) is 10.1. The predicted molar refractivity (Wildman–Crippen MR) is 123 cm³/mol. The molecule has 0 aliphatic rings.